The normalized spacial score (nSPS) is 43.4. The van der Waals surface area contributed by atoms with Crippen molar-refractivity contribution in [3.05, 3.63) is 0 Å². The summed E-state index contributed by atoms with van der Waals surface area (Å²) in [5, 5.41) is 56.8. The van der Waals surface area contributed by atoms with Crippen LogP contribution in [0.2, 0.25) is 0 Å². The Hall–Kier alpha value is -0.375. The molecule has 0 amide bonds. The van der Waals surface area contributed by atoms with Crippen molar-refractivity contribution >= 4 is 7.32 Å². The average molecular weight is 341 g/mol. The second kappa shape index (κ2) is 6.17. The number of aliphatic hydroxyl groups is 5. The minimum absolute atomic E-state index is 0. The largest absolute Gasteiger partial charge is 0.832 e. The predicted molar refractivity (Wildman–Crippen MR) is 70.1 cm³/mol. The summed E-state index contributed by atoms with van der Waals surface area (Å²) in [7, 11) is -1.81. The van der Waals surface area contributed by atoms with Crippen LogP contribution in [0.15, 0.2) is 0 Å². The number of rotatable bonds is 0. The monoisotopic (exact) mass is 341 g/mol. The van der Waals surface area contributed by atoms with E-state index in [9.17, 15) is 25.5 Å². The molecule has 0 bridgehead atoms. The van der Waals surface area contributed by atoms with E-state index in [0.29, 0.717) is 0 Å². The topological polar surface area (TPSA) is 193 Å². The Morgan fingerprint density at radius 3 is 1.83 bits per heavy atom. The Balaban J connectivity index is 0.000000224. The minimum Gasteiger partial charge on any atom is -0.832 e. The van der Waals surface area contributed by atoms with Crippen molar-refractivity contribution in [3.63, 3.8) is 0 Å². The van der Waals surface area contributed by atoms with E-state index in [2.05, 4.69) is 9.31 Å². The first-order valence-corrected chi connectivity index (χ1v) is 6.68. The lowest BCUT2D eigenvalue weighted by molar-refractivity contribution is -0.273. The van der Waals surface area contributed by atoms with Gasteiger partial charge in [0.05, 0.1) is 13.2 Å². The van der Waals surface area contributed by atoms with Crippen LogP contribution in [0.5, 0.6) is 0 Å². The van der Waals surface area contributed by atoms with Crippen LogP contribution >= 0.6 is 0 Å². The fourth-order valence-corrected chi connectivity index (χ4v) is 2.33. The van der Waals surface area contributed by atoms with Gasteiger partial charge >= 0.3 is 7.32 Å². The van der Waals surface area contributed by atoms with Crippen molar-refractivity contribution < 1.29 is 54.8 Å². The third-order valence-corrected chi connectivity index (χ3v) is 4.17. The van der Waals surface area contributed by atoms with E-state index in [1.165, 1.54) is 20.8 Å². The molecule has 23 heavy (non-hydrogen) atoms. The summed E-state index contributed by atoms with van der Waals surface area (Å²) in [5.41, 5.74) is -1.08. The Bertz CT molecular complexity index is 432. The standard InChI is InChI=1S/C6H12O4.C5H8BO6.H2O/c1-5(2)6(8,9)4(7)3-10-5;1-4-5(8,3(7)2-10-4)12-6(9)11-4;/h4,7-9H,3H2,1-2H3;3,7-8H,2H2,1H3;1H2/q;-1;/t4-;3-,4+,5+;/m00./s1. The SMILES string of the molecule is CC1(C)OC[C@H](O)C1(O)O.C[C@]12OC[C@H](O)[C@@]1(O)OB([O-])O2.O. The maximum atomic E-state index is 10.7. The Morgan fingerprint density at radius 1 is 0.957 bits per heavy atom. The van der Waals surface area contributed by atoms with Gasteiger partial charge in [-0.1, -0.05) is 0 Å². The first-order valence-electron chi connectivity index (χ1n) is 6.68. The second-order valence-electron chi connectivity index (χ2n) is 6.06. The van der Waals surface area contributed by atoms with Crippen molar-refractivity contribution in [3.8, 4) is 0 Å². The van der Waals surface area contributed by atoms with Crippen molar-refractivity contribution in [2.75, 3.05) is 13.2 Å². The van der Waals surface area contributed by atoms with Gasteiger partial charge in [-0.2, -0.15) is 0 Å². The summed E-state index contributed by atoms with van der Waals surface area (Å²) in [6.45, 7) is 4.24. The fourth-order valence-electron chi connectivity index (χ4n) is 2.33. The minimum atomic E-state index is -2.12. The van der Waals surface area contributed by atoms with Gasteiger partial charge < -0.3 is 54.8 Å². The zero-order valence-corrected chi connectivity index (χ0v) is 12.9. The van der Waals surface area contributed by atoms with Gasteiger partial charge in [0, 0.05) is 0 Å². The molecule has 3 aliphatic rings. The van der Waals surface area contributed by atoms with Gasteiger partial charge in [0.1, 0.15) is 17.8 Å². The van der Waals surface area contributed by atoms with Gasteiger partial charge in [-0.3, -0.25) is 0 Å². The lowest BCUT2D eigenvalue weighted by Crippen LogP contribution is -2.52. The first kappa shape index (κ1) is 20.7. The lowest BCUT2D eigenvalue weighted by Gasteiger charge is -2.30. The molecule has 136 valence electrons. The second-order valence-corrected chi connectivity index (χ2v) is 6.06. The molecule has 0 aromatic heterocycles. The molecule has 12 heteroatoms. The zero-order chi connectivity index (χ0) is 17.0. The molecule has 0 aromatic rings. The van der Waals surface area contributed by atoms with Crippen molar-refractivity contribution in [1.29, 1.82) is 0 Å². The van der Waals surface area contributed by atoms with E-state index in [0.717, 1.165) is 0 Å². The molecule has 7 N–H and O–H groups in total. The highest BCUT2D eigenvalue weighted by Gasteiger charge is 2.65. The van der Waals surface area contributed by atoms with E-state index in [1.54, 1.807) is 0 Å². The Labute approximate surface area is 132 Å². The summed E-state index contributed by atoms with van der Waals surface area (Å²) in [6, 6.07) is 0. The number of ether oxygens (including phenoxy) is 2. The lowest BCUT2D eigenvalue weighted by atomic mass is 9.96. The van der Waals surface area contributed by atoms with Gasteiger partial charge in [0.25, 0.3) is 0 Å². The quantitative estimate of drug-likeness (QED) is 0.211. The van der Waals surface area contributed by atoms with E-state index in [1.807, 2.05) is 0 Å². The molecule has 0 saturated carbocycles. The number of aliphatic hydroxyl groups excluding tert-OH is 2. The fraction of sp³-hybridized carbons (Fsp3) is 1.00. The Morgan fingerprint density at radius 2 is 1.48 bits per heavy atom. The van der Waals surface area contributed by atoms with Crippen molar-refractivity contribution in [2.45, 2.75) is 55.9 Å². The van der Waals surface area contributed by atoms with Gasteiger partial charge in [-0.05, 0) is 20.8 Å². The number of hydrogen-bond acceptors (Lipinski definition) is 10. The molecule has 3 heterocycles. The molecular formula is C11H22BO11-. The molecule has 4 atom stereocenters. The molecule has 0 unspecified atom stereocenters. The van der Waals surface area contributed by atoms with E-state index < -0.39 is 42.5 Å². The van der Waals surface area contributed by atoms with E-state index in [4.69, 9.17) is 14.6 Å². The summed E-state index contributed by atoms with van der Waals surface area (Å²) in [6.07, 6.45) is -2.45. The summed E-state index contributed by atoms with van der Waals surface area (Å²) >= 11 is 0. The van der Waals surface area contributed by atoms with Crippen LogP contribution in [-0.2, 0) is 18.8 Å². The summed E-state index contributed by atoms with van der Waals surface area (Å²) in [4.78, 5) is 0. The summed E-state index contributed by atoms with van der Waals surface area (Å²) in [5.74, 6) is -5.69. The first-order chi connectivity index (χ1) is 9.86. The number of fused-ring (bicyclic) bond motifs is 1. The van der Waals surface area contributed by atoms with E-state index in [-0.39, 0.29) is 18.7 Å². The van der Waals surface area contributed by atoms with Crippen LogP contribution in [0.3, 0.4) is 0 Å². The molecule has 0 aliphatic carbocycles. The molecule has 0 spiro atoms. The Kier molecular flexibility index (Phi) is 5.54. The maximum absolute atomic E-state index is 10.7. The van der Waals surface area contributed by atoms with Gasteiger partial charge in [-0.25, -0.2) is 0 Å². The zero-order valence-electron chi connectivity index (χ0n) is 12.9. The van der Waals surface area contributed by atoms with Crippen LogP contribution in [0.1, 0.15) is 20.8 Å². The van der Waals surface area contributed by atoms with Gasteiger partial charge in [0.2, 0.25) is 17.4 Å². The maximum Gasteiger partial charge on any atom is 0.351 e. The third kappa shape index (κ3) is 3.13. The van der Waals surface area contributed by atoms with Crippen LogP contribution in [0.4, 0.5) is 0 Å². The van der Waals surface area contributed by atoms with Crippen LogP contribution in [0.25, 0.3) is 0 Å². The molecular weight excluding hydrogens is 319 g/mol. The molecule has 3 fully saturated rings. The molecule has 3 rings (SSSR count). The average Bonchev–Trinajstić information content (AvgIpc) is 2.82. The highest BCUT2D eigenvalue weighted by atomic mass is 16.9. The molecule has 0 radical (unpaired) electrons. The highest BCUT2D eigenvalue weighted by molar-refractivity contribution is 6.33. The summed E-state index contributed by atoms with van der Waals surface area (Å²) < 4.78 is 18.9. The van der Waals surface area contributed by atoms with Gasteiger partial charge in [0.15, 0.2) is 0 Å². The smallest absolute Gasteiger partial charge is 0.351 e. The van der Waals surface area contributed by atoms with E-state index >= 15 is 0 Å². The van der Waals surface area contributed by atoms with Crippen LogP contribution in [0, 0.1) is 0 Å². The molecule has 0 aromatic carbocycles. The van der Waals surface area contributed by atoms with Crippen molar-refractivity contribution in [1.82, 2.24) is 0 Å². The predicted octanol–water partition coefficient (Wildman–Crippen LogP) is -4.81. The highest BCUT2D eigenvalue weighted by Crippen LogP contribution is 2.42. The van der Waals surface area contributed by atoms with Gasteiger partial charge in [-0.15, -0.1) is 0 Å². The van der Waals surface area contributed by atoms with Crippen LogP contribution in [-0.4, -0.2) is 86.7 Å². The van der Waals surface area contributed by atoms with Crippen molar-refractivity contribution in [2.24, 2.45) is 0 Å². The number of hydrogen-bond donors (Lipinski definition) is 5. The third-order valence-electron chi connectivity index (χ3n) is 4.17. The van der Waals surface area contributed by atoms with Crippen LogP contribution < -0.4 is 5.02 Å². The molecule has 3 saturated heterocycles. The molecule has 3 aliphatic heterocycles. The molecule has 11 nitrogen and oxygen atoms in total.